The molecule has 29 heavy (non-hydrogen) atoms. The molecule has 1 N–H and O–H groups in total. The summed E-state index contributed by atoms with van der Waals surface area (Å²) < 4.78 is 7.95. The molecule has 0 aliphatic carbocycles. The molecule has 0 bridgehead atoms. The van der Waals surface area contributed by atoms with Gasteiger partial charge in [0, 0.05) is 25.5 Å². The molecule has 2 aromatic carbocycles. The zero-order valence-electron chi connectivity index (χ0n) is 16.2. The maximum Gasteiger partial charge on any atom is 0.262 e. The molecule has 0 aliphatic heterocycles. The Kier molecular flexibility index (Phi) is 5.21. The van der Waals surface area contributed by atoms with Crippen molar-refractivity contribution in [2.75, 3.05) is 26.0 Å². The van der Waals surface area contributed by atoms with Crippen molar-refractivity contribution in [1.29, 1.82) is 0 Å². The summed E-state index contributed by atoms with van der Waals surface area (Å²) in [6.45, 7) is 1.82. The van der Waals surface area contributed by atoms with Crippen LogP contribution in [0.15, 0.2) is 41.8 Å². The van der Waals surface area contributed by atoms with Crippen molar-refractivity contribution >= 4 is 60.5 Å². The van der Waals surface area contributed by atoms with E-state index in [0.29, 0.717) is 17.0 Å². The molecular formula is C21H19N3O3S2. The van der Waals surface area contributed by atoms with Crippen LogP contribution < -0.4 is 10.1 Å². The van der Waals surface area contributed by atoms with Gasteiger partial charge in [0.1, 0.15) is 5.75 Å². The van der Waals surface area contributed by atoms with Crippen LogP contribution in [0.1, 0.15) is 15.4 Å². The molecule has 148 valence electrons. The third-order valence-corrected chi connectivity index (χ3v) is 6.20. The summed E-state index contributed by atoms with van der Waals surface area (Å²) in [6, 6.07) is 10.9. The number of thiophene rings is 1. The number of aromatic nitrogens is 1. The zero-order valence-corrected chi connectivity index (χ0v) is 17.8. The number of rotatable bonds is 5. The first-order valence-electron chi connectivity index (χ1n) is 8.94. The normalized spacial score (nSPS) is 11.0. The summed E-state index contributed by atoms with van der Waals surface area (Å²) >= 11 is 3.21. The third kappa shape index (κ3) is 3.81. The molecule has 0 unspecified atom stereocenters. The molecule has 6 nitrogen and oxygen atoms in total. The highest BCUT2D eigenvalue weighted by Gasteiger charge is 2.16. The topological polar surface area (TPSA) is 71.5 Å². The van der Waals surface area contributed by atoms with Gasteiger partial charge in [-0.3, -0.25) is 9.59 Å². The summed E-state index contributed by atoms with van der Waals surface area (Å²) in [5.41, 5.74) is 1.88. The van der Waals surface area contributed by atoms with Gasteiger partial charge in [-0.15, -0.1) is 22.7 Å². The number of benzene rings is 2. The molecule has 2 heterocycles. The van der Waals surface area contributed by atoms with E-state index < -0.39 is 0 Å². The highest BCUT2D eigenvalue weighted by atomic mass is 32.1. The summed E-state index contributed by atoms with van der Waals surface area (Å²) in [7, 11) is 3.35. The second-order valence-corrected chi connectivity index (χ2v) is 8.85. The lowest BCUT2D eigenvalue weighted by Gasteiger charge is -2.15. The van der Waals surface area contributed by atoms with E-state index in [-0.39, 0.29) is 18.4 Å². The number of nitrogens with one attached hydrogen (secondary N) is 1. The largest absolute Gasteiger partial charge is 0.483 e. The molecule has 4 rings (SSSR count). The van der Waals surface area contributed by atoms with Gasteiger partial charge in [0.05, 0.1) is 31.2 Å². The predicted molar refractivity (Wildman–Crippen MR) is 118 cm³/mol. The molecule has 0 aliphatic rings. The van der Waals surface area contributed by atoms with Gasteiger partial charge in [-0.1, -0.05) is 12.1 Å². The van der Waals surface area contributed by atoms with Crippen LogP contribution in [0.25, 0.3) is 20.3 Å². The summed E-state index contributed by atoms with van der Waals surface area (Å²) in [6.07, 6.45) is 0. The quantitative estimate of drug-likeness (QED) is 0.510. The fraction of sp³-hybridized carbons (Fsp3) is 0.190. The lowest BCUT2D eigenvalue weighted by Crippen LogP contribution is -2.25. The van der Waals surface area contributed by atoms with E-state index in [1.54, 1.807) is 61.0 Å². The van der Waals surface area contributed by atoms with E-state index in [0.717, 1.165) is 25.3 Å². The first-order chi connectivity index (χ1) is 13.9. The Bertz CT molecular complexity index is 1230. The highest BCUT2D eigenvalue weighted by Crippen LogP contribution is 2.38. The van der Waals surface area contributed by atoms with Crippen LogP contribution in [0.4, 0.5) is 5.69 Å². The predicted octanol–water partition coefficient (Wildman–Crippen LogP) is 4.54. The summed E-state index contributed by atoms with van der Waals surface area (Å²) in [5, 5.41) is 6.72. The van der Waals surface area contributed by atoms with Gasteiger partial charge in [0.2, 0.25) is 0 Å². The van der Waals surface area contributed by atoms with E-state index in [1.807, 2.05) is 24.4 Å². The molecule has 0 radical (unpaired) electrons. The number of fused-ring (bicyclic) bond motifs is 3. The zero-order chi connectivity index (χ0) is 20.5. The molecule has 4 aromatic rings. The van der Waals surface area contributed by atoms with E-state index in [4.69, 9.17) is 4.74 Å². The van der Waals surface area contributed by atoms with Gasteiger partial charge in [-0.25, -0.2) is 4.98 Å². The molecular weight excluding hydrogens is 406 g/mol. The average Bonchev–Trinajstić information content (AvgIpc) is 3.31. The number of aryl methyl sites for hydroxylation is 1. The summed E-state index contributed by atoms with van der Waals surface area (Å²) in [4.78, 5) is 30.9. The number of carbonyl (C=O) groups is 2. The standard InChI is InChI=1S/C21H19N3O3S2/c1-12-22-19-17(29-12)10-16(14-8-9-28-20(14)19)27-11-18(25)23-15-7-5-4-6-13(15)21(26)24(2)3/h4-10H,11H2,1-3H3,(H,23,25). The van der Waals surface area contributed by atoms with Gasteiger partial charge in [0.15, 0.2) is 6.61 Å². The van der Waals surface area contributed by atoms with Gasteiger partial charge in [-0.05, 0) is 30.5 Å². The van der Waals surface area contributed by atoms with E-state index in [2.05, 4.69) is 10.3 Å². The van der Waals surface area contributed by atoms with Crippen LogP contribution in [0.2, 0.25) is 0 Å². The molecule has 0 fully saturated rings. The Morgan fingerprint density at radius 3 is 2.79 bits per heavy atom. The first-order valence-corrected chi connectivity index (χ1v) is 10.6. The number of nitrogens with zero attached hydrogens (tertiary/aromatic N) is 2. The van der Waals surface area contributed by atoms with Gasteiger partial charge >= 0.3 is 0 Å². The van der Waals surface area contributed by atoms with Crippen LogP contribution in [0, 0.1) is 6.92 Å². The number of thiazole rings is 1. The minimum atomic E-state index is -0.326. The Hall–Kier alpha value is -2.97. The number of hydrogen-bond donors (Lipinski definition) is 1. The van der Waals surface area contributed by atoms with E-state index in [9.17, 15) is 9.59 Å². The summed E-state index contributed by atoms with van der Waals surface area (Å²) in [5.74, 6) is 0.158. The Morgan fingerprint density at radius 1 is 1.21 bits per heavy atom. The first kappa shape index (κ1) is 19.4. The van der Waals surface area contributed by atoms with Crippen molar-refractivity contribution in [2.45, 2.75) is 6.92 Å². The number of anilines is 1. The molecule has 0 spiro atoms. The molecule has 0 atom stereocenters. The fourth-order valence-corrected chi connectivity index (χ4v) is 4.89. The second-order valence-electron chi connectivity index (χ2n) is 6.70. The third-order valence-electron chi connectivity index (χ3n) is 4.36. The fourth-order valence-electron chi connectivity index (χ4n) is 3.06. The number of amides is 2. The lowest BCUT2D eigenvalue weighted by molar-refractivity contribution is -0.118. The molecule has 0 saturated carbocycles. The van der Waals surface area contributed by atoms with Crippen LogP contribution in [0.5, 0.6) is 5.75 Å². The van der Waals surface area contributed by atoms with Crippen molar-refractivity contribution in [3.8, 4) is 5.75 Å². The Balaban J connectivity index is 1.54. The number of hydrogen-bond acceptors (Lipinski definition) is 6. The van der Waals surface area contributed by atoms with Crippen molar-refractivity contribution in [1.82, 2.24) is 9.88 Å². The average molecular weight is 426 g/mol. The maximum atomic E-state index is 12.5. The molecule has 2 aromatic heterocycles. The lowest BCUT2D eigenvalue weighted by atomic mass is 10.1. The second kappa shape index (κ2) is 7.81. The smallest absolute Gasteiger partial charge is 0.262 e. The Labute approximate surface area is 175 Å². The highest BCUT2D eigenvalue weighted by molar-refractivity contribution is 7.21. The molecule has 0 saturated heterocycles. The maximum absolute atomic E-state index is 12.5. The van der Waals surface area contributed by atoms with Crippen LogP contribution >= 0.6 is 22.7 Å². The van der Waals surface area contributed by atoms with Crippen molar-refractivity contribution < 1.29 is 14.3 Å². The molecule has 8 heteroatoms. The number of carbonyl (C=O) groups excluding carboxylic acids is 2. The number of ether oxygens (including phenoxy) is 1. The SMILES string of the molecule is Cc1nc2c(cc(OCC(=O)Nc3ccccc3C(=O)N(C)C)c3ccsc32)s1. The minimum Gasteiger partial charge on any atom is -0.483 e. The monoisotopic (exact) mass is 425 g/mol. The van der Waals surface area contributed by atoms with Gasteiger partial charge in [0.25, 0.3) is 11.8 Å². The van der Waals surface area contributed by atoms with Crippen LogP contribution in [-0.4, -0.2) is 42.4 Å². The number of para-hydroxylation sites is 1. The minimum absolute atomic E-state index is 0.154. The van der Waals surface area contributed by atoms with Gasteiger partial charge in [-0.2, -0.15) is 0 Å². The van der Waals surface area contributed by atoms with Gasteiger partial charge < -0.3 is 15.0 Å². The van der Waals surface area contributed by atoms with E-state index in [1.165, 1.54) is 4.90 Å². The van der Waals surface area contributed by atoms with Crippen molar-refractivity contribution in [3.63, 3.8) is 0 Å². The van der Waals surface area contributed by atoms with Crippen molar-refractivity contribution in [2.24, 2.45) is 0 Å². The van der Waals surface area contributed by atoms with E-state index >= 15 is 0 Å². The van der Waals surface area contributed by atoms with Crippen molar-refractivity contribution in [3.05, 3.63) is 52.3 Å². The van der Waals surface area contributed by atoms with Crippen LogP contribution in [0.3, 0.4) is 0 Å². The Morgan fingerprint density at radius 2 is 2.00 bits per heavy atom. The molecule has 2 amide bonds. The van der Waals surface area contributed by atoms with Crippen LogP contribution in [-0.2, 0) is 4.79 Å².